The van der Waals surface area contributed by atoms with Crippen LogP contribution in [-0.2, 0) is 4.79 Å². The Balaban J connectivity index is 0.000000902. The second-order valence-corrected chi connectivity index (χ2v) is 4.07. The summed E-state index contributed by atoms with van der Waals surface area (Å²) in [4.78, 5) is 18.0. The third-order valence-electron chi connectivity index (χ3n) is 3.00. The molecule has 0 spiro atoms. The second kappa shape index (κ2) is 6.70. The van der Waals surface area contributed by atoms with Crippen LogP contribution in [0.1, 0.15) is 0 Å². The number of pyridine rings is 1. The molecule has 2 aromatic rings. The first-order valence-corrected chi connectivity index (χ1v) is 5.71. The Morgan fingerprint density at radius 2 is 2.00 bits per heavy atom. The van der Waals surface area contributed by atoms with Crippen molar-refractivity contribution in [2.24, 2.45) is 0 Å². The fourth-order valence-corrected chi connectivity index (χ4v) is 2.18. The Morgan fingerprint density at radius 3 is 2.79 bits per heavy atom. The monoisotopic (exact) mass is 299 g/mol. The van der Waals surface area contributed by atoms with Gasteiger partial charge in [-0.3, -0.25) is 9.78 Å². The van der Waals surface area contributed by atoms with E-state index in [1.54, 1.807) is 6.20 Å². The number of halogens is 2. The van der Waals surface area contributed by atoms with E-state index in [0.29, 0.717) is 13.1 Å². The van der Waals surface area contributed by atoms with E-state index in [0.717, 1.165) is 23.1 Å². The van der Waals surface area contributed by atoms with Crippen LogP contribution in [-0.4, -0.2) is 30.5 Å². The Hall–Kier alpha value is -1.36. The lowest BCUT2D eigenvalue weighted by molar-refractivity contribution is -0.118. The summed E-state index contributed by atoms with van der Waals surface area (Å²) in [6.07, 6.45) is 1.77. The Kier molecular flexibility index (Phi) is 5.54. The minimum absolute atomic E-state index is 0. The molecule has 1 fully saturated rings. The lowest BCUT2D eigenvalue weighted by Crippen LogP contribution is -2.48. The number of benzene rings is 1. The summed E-state index contributed by atoms with van der Waals surface area (Å²) < 4.78 is 0. The molecule has 3 rings (SSSR count). The van der Waals surface area contributed by atoms with E-state index in [2.05, 4.69) is 10.3 Å². The summed E-state index contributed by atoms with van der Waals surface area (Å²) >= 11 is 0. The molecular weight excluding hydrogens is 285 g/mol. The molecule has 4 nitrogen and oxygen atoms in total. The lowest BCUT2D eigenvalue weighted by atomic mass is 10.1. The van der Waals surface area contributed by atoms with Gasteiger partial charge in [0.2, 0.25) is 5.91 Å². The standard InChI is InChI=1S/C13H13N3O.2ClH/c17-13-9-14-7-8-16(13)12-5-1-4-11-10(12)3-2-6-15-11;;/h1-6,14H,7-9H2;2*1H. The molecule has 0 radical (unpaired) electrons. The molecule has 0 atom stereocenters. The van der Waals surface area contributed by atoms with Crippen molar-refractivity contribution in [2.75, 3.05) is 24.5 Å². The predicted octanol–water partition coefficient (Wildman–Crippen LogP) is 2.01. The van der Waals surface area contributed by atoms with Crippen LogP contribution in [0.2, 0.25) is 0 Å². The van der Waals surface area contributed by atoms with Crippen molar-refractivity contribution in [1.82, 2.24) is 10.3 Å². The number of nitrogens with zero attached hydrogens (tertiary/aromatic N) is 2. The zero-order chi connectivity index (χ0) is 11.7. The molecule has 0 saturated carbocycles. The highest BCUT2D eigenvalue weighted by Crippen LogP contribution is 2.25. The maximum Gasteiger partial charge on any atom is 0.241 e. The van der Waals surface area contributed by atoms with Gasteiger partial charge >= 0.3 is 0 Å². The van der Waals surface area contributed by atoms with E-state index < -0.39 is 0 Å². The Labute approximate surface area is 124 Å². The van der Waals surface area contributed by atoms with Crippen LogP contribution in [0.3, 0.4) is 0 Å². The molecule has 0 bridgehead atoms. The van der Waals surface area contributed by atoms with Crippen molar-refractivity contribution < 1.29 is 4.79 Å². The number of amides is 1. The van der Waals surface area contributed by atoms with Gasteiger partial charge < -0.3 is 10.2 Å². The topological polar surface area (TPSA) is 45.2 Å². The van der Waals surface area contributed by atoms with E-state index in [1.165, 1.54) is 0 Å². The quantitative estimate of drug-likeness (QED) is 0.876. The molecule has 0 aliphatic carbocycles. The average Bonchev–Trinajstić information content (AvgIpc) is 2.39. The van der Waals surface area contributed by atoms with E-state index in [9.17, 15) is 4.79 Å². The number of aromatic nitrogens is 1. The molecule has 1 aliphatic heterocycles. The van der Waals surface area contributed by atoms with E-state index >= 15 is 0 Å². The van der Waals surface area contributed by atoms with Gasteiger partial charge in [-0.25, -0.2) is 0 Å². The number of fused-ring (bicyclic) bond motifs is 1. The number of carbonyl (C=O) groups is 1. The van der Waals surface area contributed by atoms with Crippen LogP contribution < -0.4 is 10.2 Å². The third kappa shape index (κ3) is 2.97. The first-order valence-electron chi connectivity index (χ1n) is 5.71. The van der Waals surface area contributed by atoms with Gasteiger partial charge in [-0.15, -0.1) is 24.8 Å². The van der Waals surface area contributed by atoms with Gasteiger partial charge in [0.25, 0.3) is 0 Å². The predicted molar refractivity (Wildman–Crippen MR) is 81.5 cm³/mol. The summed E-state index contributed by atoms with van der Waals surface area (Å²) in [5.74, 6) is 0.118. The van der Waals surface area contributed by atoms with E-state index in [1.807, 2.05) is 35.2 Å². The van der Waals surface area contributed by atoms with Gasteiger partial charge in [-0.1, -0.05) is 6.07 Å². The molecular formula is C13H15Cl2N3O. The first kappa shape index (κ1) is 15.7. The zero-order valence-electron chi connectivity index (χ0n) is 10.2. The fourth-order valence-electron chi connectivity index (χ4n) is 2.18. The van der Waals surface area contributed by atoms with Gasteiger partial charge in [-0.2, -0.15) is 0 Å². The van der Waals surface area contributed by atoms with Gasteiger partial charge in [0.05, 0.1) is 17.7 Å². The van der Waals surface area contributed by atoms with Crippen molar-refractivity contribution in [3.63, 3.8) is 0 Å². The van der Waals surface area contributed by atoms with Crippen LogP contribution in [0, 0.1) is 0 Å². The fraction of sp³-hybridized carbons (Fsp3) is 0.231. The molecule has 0 unspecified atom stereocenters. The van der Waals surface area contributed by atoms with Crippen LogP contribution in [0.25, 0.3) is 10.9 Å². The molecule has 19 heavy (non-hydrogen) atoms. The molecule has 6 heteroatoms. The van der Waals surface area contributed by atoms with Gasteiger partial charge in [-0.05, 0) is 24.3 Å². The van der Waals surface area contributed by atoms with Crippen molar-refractivity contribution in [3.05, 3.63) is 36.5 Å². The van der Waals surface area contributed by atoms with Gasteiger partial charge in [0.1, 0.15) is 0 Å². The van der Waals surface area contributed by atoms with Gasteiger partial charge in [0.15, 0.2) is 0 Å². The largest absolute Gasteiger partial charge is 0.309 e. The normalized spacial score (nSPS) is 14.7. The smallest absolute Gasteiger partial charge is 0.241 e. The molecule has 1 N–H and O–H groups in total. The molecule has 1 aromatic heterocycles. The zero-order valence-corrected chi connectivity index (χ0v) is 11.8. The van der Waals surface area contributed by atoms with E-state index in [-0.39, 0.29) is 30.7 Å². The third-order valence-corrected chi connectivity index (χ3v) is 3.00. The number of piperazine rings is 1. The molecule has 1 aliphatic rings. The summed E-state index contributed by atoms with van der Waals surface area (Å²) in [7, 11) is 0. The summed E-state index contributed by atoms with van der Waals surface area (Å²) in [5, 5.41) is 4.11. The van der Waals surface area contributed by atoms with Crippen molar-refractivity contribution in [1.29, 1.82) is 0 Å². The molecule has 2 heterocycles. The molecule has 102 valence electrons. The summed E-state index contributed by atoms with van der Waals surface area (Å²) in [5.41, 5.74) is 1.89. The summed E-state index contributed by atoms with van der Waals surface area (Å²) in [6.45, 7) is 1.96. The molecule has 1 aromatic carbocycles. The number of hydrogen-bond donors (Lipinski definition) is 1. The highest BCUT2D eigenvalue weighted by Gasteiger charge is 2.20. The number of anilines is 1. The molecule has 1 amide bonds. The van der Waals surface area contributed by atoms with Crippen molar-refractivity contribution >= 4 is 47.3 Å². The second-order valence-electron chi connectivity index (χ2n) is 4.07. The van der Waals surface area contributed by atoms with Crippen molar-refractivity contribution in [3.8, 4) is 0 Å². The van der Waals surface area contributed by atoms with E-state index in [4.69, 9.17) is 0 Å². The lowest BCUT2D eigenvalue weighted by Gasteiger charge is -2.28. The molecule has 1 saturated heterocycles. The Bertz CT molecular complexity index is 571. The highest BCUT2D eigenvalue weighted by atomic mass is 35.5. The Morgan fingerprint density at radius 1 is 1.16 bits per heavy atom. The number of nitrogens with one attached hydrogen (secondary N) is 1. The summed E-state index contributed by atoms with van der Waals surface area (Å²) in [6, 6.07) is 9.80. The maximum atomic E-state index is 11.9. The van der Waals surface area contributed by atoms with Crippen molar-refractivity contribution in [2.45, 2.75) is 0 Å². The van der Waals surface area contributed by atoms with Crippen LogP contribution in [0.15, 0.2) is 36.5 Å². The van der Waals surface area contributed by atoms with Crippen LogP contribution in [0.4, 0.5) is 5.69 Å². The minimum atomic E-state index is 0. The maximum absolute atomic E-state index is 11.9. The van der Waals surface area contributed by atoms with Crippen LogP contribution >= 0.6 is 24.8 Å². The number of hydrogen-bond acceptors (Lipinski definition) is 3. The number of rotatable bonds is 1. The van der Waals surface area contributed by atoms with Crippen LogP contribution in [0.5, 0.6) is 0 Å². The SMILES string of the molecule is Cl.Cl.O=C1CNCCN1c1cccc2ncccc12. The highest BCUT2D eigenvalue weighted by molar-refractivity contribution is 6.03. The van der Waals surface area contributed by atoms with Gasteiger partial charge in [0, 0.05) is 24.7 Å². The average molecular weight is 300 g/mol. The minimum Gasteiger partial charge on any atom is -0.309 e. The first-order chi connectivity index (χ1) is 8.36. The number of carbonyl (C=O) groups excluding carboxylic acids is 1.